The summed E-state index contributed by atoms with van der Waals surface area (Å²) in [6.07, 6.45) is 1.21. The summed E-state index contributed by atoms with van der Waals surface area (Å²) in [6.45, 7) is 3.78. The molecule has 0 atom stereocenters. The Balaban J connectivity index is 2.30. The summed E-state index contributed by atoms with van der Waals surface area (Å²) in [5.74, 6) is -0.775. The minimum atomic E-state index is -0.511. The molecule has 1 N–H and O–H groups in total. The first-order valence-electron chi connectivity index (χ1n) is 5.34. The molecule has 1 aromatic rings. The number of rotatable bonds is 2. The second-order valence-corrected chi connectivity index (χ2v) is 5.05. The average molecular weight is 261 g/mol. The molecule has 0 bridgehead atoms. The van der Waals surface area contributed by atoms with Gasteiger partial charge in [-0.3, -0.25) is 19.7 Å². The highest BCUT2D eigenvalue weighted by Crippen LogP contribution is 2.24. The molecule has 0 spiro atoms. The predicted octanol–water partition coefficient (Wildman–Crippen LogP) is 2.35. The lowest BCUT2D eigenvalue weighted by molar-refractivity contribution is -0.115. The van der Waals surface area contributed by atoms with Crippen LogP contribution in [0.5, 0.6) is 0 Å². The van der Waals surface area contributed by atoms with E-state index in [9.17, 15) is 14.4 Å². The first kappa shape index (κ1) is 12.6. The van der Waals surface area contributed by atoms with Crippen molar-refractivity contribution in [2.75, 3.05) is 0 Å². The standard InChI is InChI=1S/C13H11NO3S/c1-7-3-4-9(8(2)5-7)10(15)6-11-12(16)14-13(17)18-11/h3-6H,1-2H3,(H,14,16,17)/b11-6-. The van der Waals surface area contributed by atoms with Gasteiger partial charge < -0.3 is 0 Å². The Hall–Kier alpha value is -1.88. The fourth-order valence-corrected chi connectivity index (χ4v) is 2.36. The smallest absolute Gasteiger partial charge is 0.289 e. The van der Waals surface area contributed by atoms with Crippen molar-refractivity contribution in [1.82, 2.24) is 5.32 Å². The van der Waals surface area contributed by atoms with Gasteiger partial charge in [0.25, 0.3) is 11.1 Å². The van der Waals surface area contributed by atoms with Gasteiger partial charge in [-0.05, 0) is 31.2 Å². The van der Waals surface area contributed by atoms with Gasteiger partial charge >= 0.3 is 0 Å². The van der Waals surface area contributed by atoms with E-state index < -0.39 is 11.1 Å². The fourth-order valence-electron chi connectivity index (χ4n) is 1.71. The van der Waals surface area contributed by atoms with Gasteiger partial charge in [-0.25, -0.2) is 0 Å². The van der Waals surface area contributed by atoms with E-state index >= 15 is 0 Å². The van der Waals surface area contributed by atoms with E-state index in [0.717, 1.165) is 22.9 Å². The quantitative estimate of drug-likeness (QED) is 0.655. The molecular weight excluding hydrogens is 250 g/mol. The third-order valence-corrected chi connectivity index (χ3v) is 3.36. The molecule has 1 heterocycles. The summed E-state index contributed by atoms with van der Waals surface area (Å²) >= 11 is 0.746. The second-order valence-electron chi connectivity index (χ2n) is 4.03. The molecule has 1 saturated heterocycles. The van der Waals surface area contributed by atoms with Crippen LogP contribution in [0.3, 0.4) is 0 Å². The van der Waals surface area contributed by atoms with Crippen LogP contribution in [0.4, 0.5) is 4.79 Å². The molecule has 1 aromatic carbocycles. The molecule has 1 aliphatic rings. The largest absolute Gasteiger partial charge is 0.290 e. The van der Waals surface area contributed by atoms with Gasteiger partial charge in [-0.1, -0.05) is 23.8 Å². The Kier molecular flexibility index (Phi) is 3.34. The van der Waals surface area contributed by atoms with Crippen molar-refractivity contribution in [2.24, 2.45) is 0 Å². The summed E-state index contributed by atoms with van der Waals surface area (Å²) in [5, 5.41) is 1.67. The Morgan fingerprint density at radius 2 is 2.00 bits per heavy atom. The van der Waals surface area contributed by atoms with Crippen LogP contribution in [0.2, 0.25) is 0 Å². The number of aryl methyl sites for hydroxylation is 2. The zero-order chi connectivity index (χ0) is 13.3. The number of allylic oxidation sites excluding steroid dienone is 1. The van der Waals surface area contributed by atoms with Crippen LogP contribution in [-0.2, 0) is 4.79 Å². The summed E-state index contributed by atoms with van der Waals surface area (Å²) in [4.78, 5) is 34.4. The molecule has 1 fully saturated rings. The van der Waals surface area contributed by atoms with E-state index in [-0.39, 0.29) is 10.7 Å². The third-order valence-electron chi connectivity index (χ3n) is 2.55. The Labute approximate surface area is 108 Å². The third kappa shape index (κ3) is 2.51. The molecule has 0 radical (unpaired) electrons. The molecule has 1 aliphatic heterocycles. The molecule has 18 heavy (non-hydrogen) atoms. The number of benzene rings is 1. The fraction of sp³-hybridized carbons (Fsp3) is 0.154. The molecule has 0 aromatic heterocycles. The van der Waals surface area contributed by atoms with Crippen LogP contribution in [0, 0.1) is 13.8 Å². The molecular formula is C13H11NO3S. The SMILES string of the molecule is Cc1ccc(C(=O)/C=C2\SC(=O)NC2=O)c(C)c1. The molecule has 2 amide bonds. The number of carbonyl (C=O) groups excluding carboxylic acids is 3. The Bertz CT molecular complexity index is 590. The zero-order valence-electron chi connectivity index (χ0n) is 9.94. The van der Waals surface area contributed by atoms with Crippen molar-refractivity contribution in [3.63, 3.8) is 0 Å². The molecule has 4 nitrogen and oxygen atoms in total. The van der Waals surface area contributed by atoms with Crippen LogP contribution in [0.15, 0.2) is 29.2 Å². The van der Waals surface area contributed by atoms with Crippen molar-refractivity contribution in [1.29, 1.82) is 0 Å². The predicted molar refractivity (Wildman–Crippen MR) is 69.5 cm³/mol. The first-order valence-corrected chi connectivity index (χ1v) is 6.15. The van der Waals surface area contributed by atoms with E-state index in [2.05, 4.69) is 5.32 Å². The van der Waals surface area contributed by atoms with Crippen LogP contribution in [-0.4, -0.2) is 16.9 Å². The normalized spacial score (nSPS) is 17.1. The van der Waals surface area contributed by atoms with Gasteiger partial charge in [-0.15, -0.1) is 0 Å². The molecule has 5 heteroatoms. The molecule has 0 unspecified atom stereocenters. The number of amides is 2. The van der Waals surface area contributed by atoms with Gasteiger partial charge in [0.15, 0.2) is 5.78 Å². The van der Waals surface area contributed by atoms with E-state index in [1.807, 2.05) is 26.0 Å². The monoisotopic (exact) mass is 261 g/mol. The summed E-state index contributed by atoms with van der Waals surface area (Å²) in [6, 6.07) is 5.47. The minimum Gasteiger partial charge on any atom is -0.289 e. The maximum absolute atomic E-state index is 12.0. The lowest BCUT2D eigenvalue weighted by Crippen LogP contribution is -2.18. The van der Waals surface area contributed by atoms with E-state index in [0.29, 0.717) is 5.56 Å². The maximum Gasteiger partial charge on any atom is 0.290 e. The lowest BCUT2D eigenvalue weighted by Gasteiger charge is -2.03. The summed E-state index contributed by atoms with van der Waals surface area (Å²) in [5.41, 5.74) is 2.47. The summed E-state index contributed by atoms with van der Waals surface area (Å²) < 4.78 is 0. The van der Waals surface area contributed by atoms with Crippen LogP contribution in [0.25, 0.3) is 0 Å². The number of hydrogen-bond acceptors (Lipinski definition) is 4. The van der Waals surface area contributed by atoms with Gasteiger partial charge in [0, 0.05) is 11.6 Å². The molecule has 0 aliphatic carbocycles. The number of imide groups is 1. The summed E-state index contributed by atoms with van der Waals surface area (Å²) in [7, 11) is 0. The van der Waals surface area contributed by atoms with E-state index in [1.165, 1.54) is 6.08 Å². The zero-order valence-corrected chi connectivity index (χ0v) is 10.8. The highest BCUT2D eigenvalue weighted by Gasteiger charge is 2.26. The molecule has 2 rings (SSSR count). The number of nitrogens with one attached hydrogen (secondary N) is 1. The number of carbonyl (C=O) groups is 3. The number of hydrogen-bond donors (Lipinski definition) is 1. The van der Waals surface area contributed by atoms with Crippen molar-refractivity contribution < 1.29 is 14.4 Å². The number of thioether (sulfide) groups is 1. The van der Waals surface area contributed by atoms with Crippen LogP contribution in [0.1, 0.15) is 21.5 Å². The first-order chi connectivity index (χ1) is 8.47. The van der Waals surface area contributed by atoms with Gasteiger partial charge in [0.05, 0.1) is 4.91 Å². The minimum absolute atomic E-state index is 0.143. The maximum atomic E-state index is 12.0. The second kappa shape index (κ2) is 4.78. The number of ketones is 1. The molecule has 92 valence electrons. The van der Waals surface area contributed by atoms with E-state index in [4.69, 9.17) is 0 Å². The van der Waals surface area contributed by atoms with Gasteiger partial charge in [0.1, 0.15) is 0 Å². The Morgan fingerprint density at radius 3 is 2.56 bits per heavy atom. The van der Waals surface area contributed by atoms with E-state index in [1.54, 1.807) is 6.07 Å². The lowest BCUT2D eigenvalue weighted by atomic mass is 10.0. The van der Waals surface area contributed by atoms with Crippen molar-refractivity contribution in [2.45, 2.75) is 13.8 Å². The van der Waals surface area contributed by atoms with Crippen molar-refractivity contribution in [3.8, 4) is 0 Å². The van der Waals surface area contributed by atoms with Crippen molar-refractivity contribution in [3.05, 3.63) is 45.9 Å². The van der Waals surface area contributed by atoms with Crippen LogP contribution < -0.4 is 5.32 Å². The highest BCUT2D eigenvalue weighted by atomic mass is 32.2. The molecule has 0 saturated carbocycles. The van der Waals surface area contributed by atoms with Crippen molar-refractivity contribution >= 4 is 28.7 Å². The Morgan fingerprint density at radius 1 is 1.28 bits per heavy atom. The van der Waals surface area contributed by atoms with Gasteiger partial charge in [-0.2, -0.15) is 0 Å². The average Bonchev–Trinajstić information content (AvgIpc) is 2.57. The van der Waals surface area contributed by atoms with Crippen LogP contribution >= 0.6 is 11.8 Å². The highest BCUT2D eigenvalue weighted by molar-refractivity contribution is 8.18. The van der Waals surface area contributed by atoms with Gasteiger partial charge in [0.2, 0.25) is 0 Å². The topological polar surface area (TPSA) is 63.2 Å².